The van der Waals surface area contributed by atoms with Gasteiger partial charge in [-0.05, 0) is 50.6 Å². The largest absolute Gasteiger partial charge is 0.416 e. The van der Waals surface area contributed by atoms with Crippen molar-refractivity contribution in [3.8, 4) is 5.69 Å². The summed E-state index contributed by atoms with van der Waals surface area (Å²) in [5.41, 5.74) is 0.785. The lowest BCUT2D eigenvalue weighted by molar-refractivity contribution is -0.137. The number of nitrogens with zero attached hydrogens (tertiary/aromatic N) is 3. The number of urea groups is 1. The molecule has 0 aliphatic carbocycles. The highest BCUT2D eigenvalue weighted by Gasteiger charge is 2.30. The van der Waals surface area contributed by atoms with Crippen LogP contribution in [-0.4, -0.2) is 21.5 Å². The molecule has 0 atom stereocenters. The molecule has 0 saturated carbocycles. The highest BCUT2D eigenvalue weighted by atomic mass is 32.1. The predicted octanol–water partition coefficient (Wildman–Crippen LogP) is 5.80. The highest BCUT2D eigenvalue weighted by Crippen LogP contribution is 2.29. The van der Waals surface area contributed by atoms with Gasteiger partial charge in [0.05, 0.1) is 5.56 Å². The maximum atomic E-state index is 12.9. The van der Waals surface area contributed by atoms with Gasteiger partial charge in [-0.15, -0.1) is 11.3 Å². The van der Waals surface area contributed by atoms with Crippen molar-refractivity contribution in [3.05, 3.63) is 81.6 Å². The van der Waals surface area contributed by atoms with Crippen LogP contribution in [0, 0.1) is 6.92 Å². The number of rotatable bonds is 4. The molecule has 0 spiro atoms. The first-order valence-corrected chi connectivity index (χ1v) is 10.2. The fraction of sp³-hybridized carbons (Fsp3) is 0.273. The zero-order valence-corrected chi connectivity index (χ0v) is 17.7. The lowest BCUT2D eigenvalue weighted by Gasteiger charge is -2.24. The fourth-order valence-corrected chi connectivity index (χ4v) is 3.75. The van der Waals surface area contributed by atoms with Gasteiger partial charge in [0, 0.05) is 29.3 Å². The second kappa shape index (κ2) is 8.87. The third-order valence-corrected chi connectivity index (χ3v) is 5.40. The molecular formula is C22H22F3N3OS. The molecule has 0 N–H and O–H groups in total. The van der Waals surface area contributed by atoms with Crippen LogP contribution in [0.3, 0.4) is 0 Å². The molecule has 1 heterocycles. The summed E-state index contributed by atoms with van der Waals surface area (Å²) in [7, 11) is 0. The molecule has 30 heavy (non-hydrogen) atoms. The molecule has 0 radical (unpaired) electrons. The Bertz CT molecular complexity index is 1070. The first-order chi connectivity index (χ1) is 14.1. The van der Waals surface area contributed by atoms with Crippen molar-refractivity contribution in [2.75, 3.05) is 0 Å². The van der Waals surface area contributed by atoms with E-state index in [1.165, 1.54) is 23.5 Å². The van der Waals surface area contributed by atoms with E-state index in [0.29, 0.717) is 17.0 Å². The van der Waals surface area contributed by atoms with Gasteiger partial charge >= 0.3 is 12.2 Å². The zero-order valence-electron chi connectivity index (χ0n) is 16.8. The number of hydrogen-bond donors (Lipinski definition) is 0. The van der Waals surface area contributed by atoms with Gasteiger partial charge in [0.2, 0.25) is 0 Å². The minimum atomic E-state index is -4.40. The normalized spacial score (nSPS) is 12.4. The average Bonchev–Trinajstić information content (AvgIpc) is 3.06. The number of aromatic nitrogens is 1. The Hall–Kier alpha value is -2.87. The molecule has 0 bridgehead atoms. The van der Waals surface area contributed by atoms with Crippen LogP contribution >= 0.6 is 11.3 Å². The molecule has 0 unspecified atom stereocenters. The molecule has 2 amide bonds. The predicted molar refractivity (Wildman–Crippen MR) is 111 cm³/mol. The maximum absolute atomic E-state index is 12.9. The van der Waals surface area contributed by atoms with Crippen molar-refractivity contribution in [1.82, 2.24) is 9.47 Å². The summed E-state index contributed by atoms with van der Waals surface area (Å²) in [6.45, 7) is 6.12. The van der Waals surface area contributed by atoms with Crippen LogP contribution in [0.1, 0.15) is 29.9 Å². The summed E-state index contributed by atoms with van der Waals surface area (Å²) < 4.78 is 40.2. The molecule has 0 fully saturated rings. The zero-order chi connectivity index (χ0) is 21.9. The van der Waals surface area contributed by atoms with Crippen LogP contribution in [0.4, 0.5) is 18.0 Å². The van der Waals surface area contributed by atoms with Crippen LogP contribution in [-0.2, 0) is 12.7 Å². The Balaban J connectivity index is 1.94. The molecular weight excluding hydrogens is 411 g/mol. The molecule has 3 rings (SSSR count). The summed E-state index contributed by atoms with van der Waals surface area (Å²) in [5.74, 6) is 0. The van der Waals surface area contributed by atoms with Crippen molar-refractivity contribution >= 4 is 17.4 Å². The average molecular weight is 433 g/mol. The molecule has 0 aliphatic heterocycles. The van der Waals surface area contributed by atoms with Crippen LogP contribution in [0.5, 0.6) is 0 Å². The lowest BCUT2D eigenvalue weighted by Crippen LogP contribution is -2.35. The van der Waals surface area contributed by atoms with Crippen molar-refractivity contribution in [2.24, 2.45) is 4.99 Å². The standard InChI is InChI=1S/C22H22F3N3OS/c1-15(2)27(14-17-7-5-4-6-8-17)20(29)26-21-28(13-16(3)30-21)19-11-9-18(10-12-19)22(23,24)25/h4-13,15H,14H2,1-3H3. The first-order valence-electron chi connectivity index (χ1n) is 9.41. The van der Waals surface area contributed by atoms with Gasteiger partial charge in [-0.2, -0.15) is 18.2 Å². The summed E-state index contributed by atoms with van der Waals surface area (Å²) in [6.07, 6.45) is -2.64. The molecule has 0 aliphatic rings. The van der Waals surface area contributed by atoms with E-state index in [1.807, 2.05) is 51.1 Å². The topological polar surface area (TPSA) is 37.6 Å². The number of alkyl halides is 3. The van der Waals surface area contributed by atoms with Gasteiger partial charge in [-0.1, -0.05) is 30.3 Å². The van der Waals surface area contributed by atoms with E-state index in [4.69, 9.17) is 0 Å². The Kier molecular flexibility index (Phi) is 6.45. The van der Waals surface area contributed by atoms with Crippen LogP contribution in [0.25, 0.3) is 5.69 Å². The Morgan fingerprint density at radius 2 is 1.73 bits per heavy atom. The highest BCUT2D eigenvalue weighted by molar-refractivity contribution is 7.09. The quantitative estimate of drug-likeness (QED) is 0.513. The number of thiazole rings is 1. The molecule has 3 aromatic rings. The van der Waals surface area contributed by atoms with Gasteiger partial charge in [-0.3, -0.25) is 4.57 Å². The number of halogens is 3. The summed E-state index contributed by atoms with van der Waals surface area (Å²) >= 11 is 1.31. The van der Waals surface area contributed by atoms with Crippen molar-refractivity contribution in [2.45, 2.75) is 39.5 Å². The Morgan fingerprint density at radius 1 is 1.10 bits per heavy atom. The number of carbonyl (C=O) groups is 1. The second-order valence-electron chi connectivity index (χ2n) is 7.14. The number of amides is 2. The molecule has 0 saturated heterocycles. The van der Waals surface area contributed by atoms with E-state index in [-0.39, 0.29) is 6.04 Å². The fourth-order valence-electron chi connectivity index (χ4n) is 2.93. The second-order valence-corrected chi connectivity index (χ2v) is 8.35. The van der Waals surface area contributed by atoms with E-state index in [1.54, 1.807) is 15.7 Å². The van der Waals surface area contributed by atoms with E-state index in [0.717, 1.165) is 22.6 Å². The van der Waals surface area contributed by atoms with Gasteiger partial charge in [0.25, 0.3) is 0 Å². The van der Waals surface area contributed by atoms with Gasteiger partial charge in [-0.25, -0.2) is 4.79 Å². The lowest BCUT2D eigenvalue weighted by atomic mass is 10.2. The number of aryl methyl sites for hydroxylation is 1. The van der Waals surface area contributed by atoms with Crippen LogP contribution in [0.2, 0.25) is 0 Å². The van der Waals surface area contributed by atoms with Gasteiger partial charge < -0.3 is 4.90 Å². The van der Waals surface area contributed by atoms with Crippen molar-refractivity contribution < 1.29 is 18.0 Å². The molecule has 4 nitrogen and oxygen atoms in total. The first kappa shape index (κ1) is 21.8. The monoisotopic (exact) mass is 433 g/mol. The summed E-state index contributed by atoms with van der Waals surface area (Å²) in [5, 5.41) is 0. The van der Waals surface area contributed by atoms with Crippen molar-refractivity contribution in [3.63, 3.8) is 0 Å². The Morgan fingerprint density at radius 3 is 2.30 bits per heavy atom. The third kappa shape index (κ3) is 5.18. The molecule has 8 heteroatoms. The Labute approximate surface area is 176 Å². The minimum absolute atomic E-state index is 0.0676. The summed E-state index contributed by atoms with van der Waals surface area (Å²) in [6, 6.07) is 14.0. The third-order valence-electron chi connectivity index (χ3n) is 4.50. The molecule has 2 aromatic carbocycles. The van der Waals surface area contributed by atoms with Gasteiger partial charge in [0.15, 0.2) is 4.80 Å². The van der Waals surface area contributed by atoms with Crippen LogP contribution < -0.4 is 4.80 Å². The van der Waals surface area contributed by atoms with E-state index < -0.39 is 17.8 Å². The smallest absolute Gasteiger partial charge is 0.316 e. The number of carbonyl (C=O) groups excluding carboxylic acids is 1. The maximum Gasteiger partial charge on any atom is 0.416 e. The molecule has 1 aromatic heterocycles. The van der Waals surface area contributed by atoms with E-state index >= 15 is 0 Å². The number of benzene rings is 2. The van der Waals surface area contributed by atoms with Crippen molar-refractivity contribution in [1.29, 1.82) is 0 Å². The van der Waals surface area contributed by atoms with E-state index in [9.17, 15) is 18.0 Å². The van der Waals surface area contributed by atoms with E-state index in [2.05, 4.69) is 4.99 Å². The van der Waals surface area contributed by atoms with Gasteiger partial charge in [0.1, 0.15) is 0 Å². The number of hydrogen-bond acceptors (Lipinski definition) is 2. The molecule has 158 valence electrons. The SMILES string of the molecule is Cc1cn(-c2ccc(C(F)(F)F)cc2)c(=NC(=O)N(Cc2ccccc2)C(C)C)s1. The van der Waals surface area contributed by atoms with Crippen LogP contribution in [0.15, 0.2) is 65.8 Å². The summed E-state index contributed by atoms with van der Waals surface area (Å²) in [4.78, 5) is 20.2. The minimum Gasteiger partial charge on any atom is -0.316 e.